The van der Waals surface area contributed by atoms with Crippen molar-refractivity contribution in [2.75, 3.05) is 27.7 Å². The third-order valence-corrected chi connectivity index (χ3v) is 1.59. The van der Waals surface area contributed by atoms with Crippen LogP contribution in [-0.2, 0) is 14.3 Å². The topological polar surface area (TPSA) is 66.4 Å². The van der Waals surface area contributed by atoms with Gasteiger partial charge in [-0.3, -0.25) is 4.79 Å². The number of hydrogen-bond acceptors (Lipinski definition) is 4. The Labute approximate surface area is 107 Å². The number of carbonyl (C=O) groups is 2. The van der Waals surface area contributed by atoms with Gasteiger partial charge in [-0.15, -0.1) is 12.4 Å². The van der Waals surface area contributed by atoms with Gasteiger partial charge in [-0.1, -0.05) is 6.85 Å². The number of carboxylic acids is 1. The van der Waals surface area contributed by atoms with Crippen LogP contribution in [0.15, 0.2) is 0 Å². The summed E-state index contributed by atoms with van der Waals surface area (Å²) in [5, 5.41) is 10.5. The van der Waals surface area contributed by atoms with Crippen LogP contribution in [0, 0.1) is 0 Å². The first-order valence-electron chi connectivity index (χ1n) is 6.09. The summed E-state index contributed by atoms with van der Waals surface area (Å²) in [7, 11) is 5.42. The van der Waals surface area contributed by atoms with Crippen LogP contribution in [0.25, 0.3) is 0 Å². The molecule has 0 heterocycles. The molecule has 0 aromatic heterocycles. The van der Waals surface area contributed by atoms with E-state index in [0.717, 1.165) is 0 Å². The SMILES string of the molecule is Cl.[2H]C([2H])([2H])CC(=O)OC(CC(=O)[O-])C[N+](C)(C)C. The molecule has 1 atom stereocenters. The molecule has 0 saturated carbocycles. The fraction of sp³-hybridized carbons (Fsp3) is 0.800. The first-order chi connectivity index (χ1) is 7.89. The summed E-state index contributed by atoms with van der Waals surface area (Å²) >= 11 is 0. The molecule has 0 spiro atoms. The minimum absolute atomic E-state index is 0. The lowest BCUT2D eigenvalue weighted by Crippen LogP contribution is -2.45. The van der Waals surface area contributed by atoms with Crippen molar-refractivity contribution in [3.05, 3.63) is 0 Å². The molecule has 0 amide bonds. The lowest BCUT2D eigenvalue weighted by Gasteiger charge is -2.29. The van der Waals surface area contributed by atoms with Crippen LogP contribution in [0.2, 0.25) is 0 Å². The van der Waals surface area contributed by atoms with Crippen molar-refractivity contribution in [2.24, 2.45) is 0 Å². The first kappa shape index (κ1) is 11.7. The minimum Gasteiger partial charge on any atom is -0.550 e. The zero-order chi connectivity index (χ0) is 14.6. The number of rotatable bonds is 6. The number of esters is 1. The molecule has 0 saturated heterocycles. The molecule has 16 heavy (non-hydrogen) atoms. The summed E-state index contributed by atoms with van der Waals surface area (Å²) in [5.41, 5.74) is 0. The zero-order valence-electron chi connectivity index (χ0n) is 12.7. The number of halogens is 1. The molecule has 0 N–H and O–H groups in total. The van der Waals surface area contributed by atoms with Gasteiger partial charge in [0.1, 0.15) is 6.54 Å². The molecule has 0 radical (unpaired) electrons. The van der Waals surface area contributed by atoms with E-state index < -0.39 is 37.7 Å². The molecule has 0 aliphatic heterocycles. The van der Waals surface area contributed by atoms with Crippen LogP contribution >= 0.6 is 12.4 Å². The molecule has 0 aliphatic rings. The molecule has 0 fully saturated rings. The van der Waals surface area contributed by atoms with Gasteiger partial charge in [-0.25, -0.2) is 0 Å². The van der Waals surface area contributed by atoms with Crippen LogP contribution in [-0.4, -0.2) is 50.2 Å². The predicted octanol–water partition coefficient (Wildman–Crippen LogP) is -0.424. The van der Waals surface area contributed by atoms with E-state index in [4.69, 9.17) is 8.85 Å². The highest BCUT2D eigenvalue weighted by molar-refractivity contribution is 5.85. The summed E-state index contributed by atoms with van der Waals surface area (Å²) < 4.78 is 26.0. The van der Waals surface area contributed by atoms with Gasteiger partial charge in [-0.2, -0.15) is 0 Å². The van der Waals surface area contributed by atoms with E-state index >= 15 is 0 Å². The largest absolute Gasteiger partial charge is 0.550 e. The van der Waals surface area contributed by atoms with Crippen molar-refractivity contribution in [3.8, 4) is 0 Å². The summed E-state index contributed by atoms with van der Waals surface area (Å²) in [5.74, 6) is -2.26. The van der Waals surface area contributed by atoms with Gasteiger partial charge in [-0.05, 0) is 0 Å². The number of ether oxygens (including phenoxy) is 1. The van der Waals surface area contributed by atoms with E-state index in [1.165, 1.54) is 0 Å². The number of carbonyl (C=O) groups excluding carboxylic acids is 2. The van der Waals surface area contributed by atoms with Crippen LogP contribution in [0.5, 0.6) is 0 Å². The second kappa shape index (κ2) is 7.46. The Balaban J connectivity index is 0. The second-order valence-corrected chi connectivity index (χ2v) is 4.34. The molecule has 5 nitrogen and oxygen atoms in total. The van der Waals surface area contributed by atoms with Crippen molar-refractivity contribution in [1.82, 2.24) is 0 Å². The van der Waals surface area contributed by atoms with Crippen LogP contribution in [0.1, 0.15) is 23.8 Å². The van der Waals surface area contributed by atoms with E-state index in [2.05, 4.69) is 0 Å². The number of carboxylic acid groups (broad SMARTS) is 1. The highest BCUT2D eigenvalue weighted by atomic mass is 35.5. The first-order valence-corrected chi connectivity index (χ1v) is 4.59. The average molecular weight is 257 g/mol. The molecule has 1 unspecified atom stereocenters. The molecular weight excluding hydrogens is 234 g/mol. The predicted molar refractivity (Wildman–Crippen MR) is 59.9 cm³/mol. The van der Waals surface area contributed by atoms with E-state index in [1.807, 2.05) is 0 Å². The Morgan fingerprint density at radius 1 is 1.44 bits per heavy atom. The Morgan fingerprint density at radius 2 is 2.00 bits per heavy atom. The Bertz CT molecular complexity index is 315. The maximum Gasteiger partial charge on any atom is 0.306 e. The minimum atomic E-state index is -2.42. The van der Waals surface area contributed by atoms with Gasteiger partial charge in [0.25, 0.3) is 0 Å². The number of likely N-dealkylation sites (N-methyl/N-ethyl adjacent to an activating group) is 1. The van der Waals surface area contributed by atoms with E-state index in [-0.39, 0.29) is 19.0 Å². The smallest absolute Gasteiger partial charge is 0.306 e. The number of quaternary nitrogens is 1. The Kier molecular flexibility index (Phi) is 5.44. The third-order valence-electron chi connectivity index (χ3n) is 1.59. The Hall–Kier alpha value is -0.810. The van der Waals surface area contributed by atoms with Crippen LogP contribution < -0.4 is 5.11 Å². The number of nitrogens with zero attached hydrogens (tertiary/aromatic N) is 1. The highest BCUT2D eigenvalue weighted by Crippen LogP contribution is 2.05. The molecule has 96 valence electrons. The summed E-state index contributed by atoms with van der Waals surface area (Å²) in [4.78, 5) is 21.9. The summed E-state index contributed by atoms with van der Waals surface area (Å²) in [6.07, 6.45) is -2.06. The molecule has 6 heteroatoms. The summed E-state index contributed by atoms with van der Waals surface area (Å²) in [6.45, 7) is -2.15. The van der Waals surface area contributed by atoms with Crippen LogP contribution in [0.3, 0.4) is 0 Å². The lowest BCUT2D eigenvalue weighted by molar-refractivity contribution is -0.873. The van der Waals surface area contributed by atoms with E-state index in [9.17, 15) is 14.7 Å². The normalized spacial score (nSPS) is 16.1. The fourth-order valence-corrected chi connectivity index (χ4v) is 1.17. The van der Waals surface area contributed by atoms with Gasteiger partial charge in [0, 0.05) is 22.9 Å². The maximum absolute atomic E-state index is 11.3. The average Bonchev–Trinajstić information content (AvgIpc) is 1.92. The van der Waals surface area contributed by atoms with Crippen molar-refractivity contribution >= 4 is 24.3 Å². The quantitative estimate of drug-likeness (QED) is 0.478. The van der Waals surface area contributed by atoms with Crippen molar-refractivity contribution in [1.29, 1.82) is 0 Å². The molecule has 0 bridgehead atoms. The number of hydrogen-bond donors (Lipinski definition) is 0. The van der Waals surface area contributed by atoms with Crippen molar-refractivity contribution in [2.45, 2.75) is 25.8 Å². The van der Waals surface area contributed by atoms with Crippen molar-refractivity contribution in [3.63, 3.8) is 0 Å². The molecule has 0 aliphatic carbocycles. The maximum atomic E-state index is 11.3. The van der Waals surface area contributed by atoms with Crippen LogP contribution in [0.4, 0.5) is 0 Å². The molecular formula is C10H20ClNO4. The fourth-order valence-electron chi connectivity index (χ4n) is 1.17. The second-order valence-electron chi connectivity index (χ2n) is 4.34. The molecule has 0 aromatic carbocycles. The van der Waals surface area contributed by atoms with E-state index in [1.54, 1.807) is 21.1 Å². The zero-order valence-corrected chi connectivity index (χ0v) is 10.5. The van der Waals surface area contributed by atoms with Gasteiger partial charge in [0.05, 0.1) is 21.1 Å². The Morgan fingerprint density at radius 3 is 2.38 bits per heavy atom. The van der Waals surface area contributed by atoms with Gasteiger partial charge >= 0.3 is 5.97 Å². The van der Waals surface area contributed by atoms with Gasteiger partial charge in [0.15, 0.2) is 6.10 Å². The molecule has 0 aromatic rings. The van der Waals surface area contributed by atoms with Gasteiger partial charge in [0.2, 0.25) is 0 Å². The highest BCUT2D eigenvalue weighted by Gasteiger charge is 2.21. The molecule has 0 rings (SSSR count). The van der Waals surface area contributed by atoms with Crippen molar-refractivity contribution < 1.29 is 28.0 Å². The summed E-state index contributed by atoms with van der Waals surface area (Å²) in [6, 6.07) is 0. The monoisotopic (exact) mass is 256 g/mol. The third kappa shape index (κ3) is 9.73. The lowest BCUT2D eigenvalue weighted by atomic mass is 10.2. The standard InChI is InChI=1S/C10H19NO4.ClH/c1-5-10(14)15-8(6-9(12)13)7-11(2,3)4;/h8H,5-7H2,1-4H3;1H/i1D3;. The van der Waals surface area contributed by atoms with Gasteiger partial charge < -0.3 is 19.1 Å². The van der Waals surface area contributed by atoms with E-state index in [0.29, 0.717) is 4.48 Å². The number of aliphatic carboxylic acids is 1.